The quantitative estimate of drug-likeness (QED) is 0.186. The maximum absolute atomic E-state index is 14.1. The number of rotatable bonds is 8. The molecule has 45 heavy (non-hydrogen) atoms. The number of thiocarbonyl (C=S) groups is 1. The van der Waals surface area contributed by atoms with Crippen LogP contribution in [0.2, 0.25) is 18.1 Å². The Morgan fingerprint density at radius 3 is 2.51 bits per heavy atom. The van der Waals surface area contributed by atoms with Gasteiger partial charge in [-0.25, -0.2) is 4.79 Å². The van der Waals surface area contributed by atoms with Gasteiger partial charge < -0.3 is 34.2 Å². The van der Waals surface area contributed by atoms with Crippen molar-refractivity contribution < 1.29 is 32.7 Å². The van der Waals surface area contributed by atoms with Crippen molar-refractivity contribution in [3.63, 3.8) is 0 Å². The summed E-state index contributed by atoms with van der Waals surface area (Å²) in [5.74, 6) is 1.95. The van der Waals surface area contributed by atoms with Crippen LogP contribution in [0.4, 0.5) is 0 Å². The van der Waals surface area contributed by atoms with Crippen LogP contribution in [0.25, 0.3) is 0 Å². The van der Waals surface area contributed by atoms with Gasteiger partial charge in [0.05, 0.1) is 17.7 Å². The highest BCUT2D eigenvalue weighted by Crippen LogP contribution is 2.47. The van der Waals surface area contributed by atoms with Crippen molar-refractivity contribution in [3.05, 3.63) is 34.5 Å². The Balaban J connectivity index is 2.16. The van der Waals surface area contributed by atoms with E-state index in [1.54, 1.807) is 25.8 Å². The average molecular weight is 681 g/mol. The number of carbonyl (C=O) groups is 2. The standard InChI is InChI=1S/C31H48N4O7S2Si/c1-17(2)31(6,7)45(9,10)42-24-14-23(38-8)18(3)27-21(24)15-44-16-22(28-33-20(5)35-41-28)34-25(43)12-11-13-26(40-30(27)37)39-29(36)19(4)32/h14,17,19,22,26H,11-13,15-16,32H2,1-10H3,(H,34,43)/t19-,22-,26+/m0/s1. The normalized spacial score (nSPS) is 19.6. The number of carbonyl (C=O) groups excluding carboxylic acids is 2. The molecule has 3 atom stereocenters. The summed E-state index contributed by atoms with van der Waals surface area (Å²) in [5.41, 5.74) is 7.35. The number of esters is 2. The molecule has 0 aliphatic carbocycles. The van der Waals surface area contributed by atoms with Crippen molar-refractivity contribution in [1.82, 2.24) is 15.5 Å². The van der Waals surface area contributed by atoms with Gasteiger partial charge in [-0.3, -0.25) is 4.79 Å². The van der Waals surface area contributed by atoms with Crippen LogP contribution in [0.5, 0.6) is 11.5 Å². The highest BCUT2D eigenvalue weighted by Gasteiger charge is 2.45. The number of benzene rings is 1. The molecule has 1 aliphatic heterocycles. The minimum absolute atomic E-state index is 0.105. The van der Waals surface area contributed by atoms with Crippen molar-refractivity contribution in [2.45, 2.75) is 110 Å². The lowest BCUT2D eigenvalue weighted by Gasteiger charge is -2.43. The van der Waals surface area contributed by atoms with E-state index >= 15 is 0 Å². The third-order valence-corrected chi connectivity index (χ3v) is 14.6. The molecule has 3 rings (SSSR count). The molecule has 0 unspecified atom stereocenters. The molecule has 0 saturated carbocycles. The molecule has 14 heteroatoms. The van der Waals surface area contributed by atoms with Gasteiger partial charge >= 0.3 is 11.9 Å². The van der Waals surface area contributed by atoms with Gasteiger partial charge in [0, 0.05) is 35.1 Å². The highest BCUT2D eigenvalue weighted by molar-refractivity contribution is 7.98. The van der Waals surface area contributed by atoms with Crippen molar-refractivity contribution in [2.24, 2.45) is 11.7 Å². The van der Waals surface area contributed by atoms with E-state index in [0.717, 1.165) is 0 Å². The molecular weight excluding hydrogens is 633 g/mol. The fourth-order valence-corrected chi connectivity index (χ4v) is 8.51. The van der Waals surface area contributed by atoms with Crippen LogP contribution in [0.15, 0.2) is 10.6 Å². The maximum atomic E-state index is 14.1. The molecule has 0 saturated heterocycles. The first-order valence-electron chi connectivity index (χ1n) is 15.2. The summed E-state index contributed by atoms with van der Waals surface area (Å²) >= 11 is 7.20. The number of aromatic nitrogens is 2. The molecule has 2 aromatic rings. The first-order valence-corrected chi connectivity index (χ1v) is 19.7. The van der Waals surface area contributed by atoms with Crippen LogP contribution in [0.1, 0.15) is 93.1 Å². The molecule has 0 amide bonds. The van der Waals surface area contributed by atoms with Crippen molar-refractivity contribution in [3.8, 4) is 11.5 Å². The van der Waals surface area contributed by atoms with Crippen LogP contribution in [-0.4, -0.2) is 60.6 Å². The van der Waals surface area contributed by atoms with Gasteiger partial charge in [0.25, 0.3) is 8.32 Å². The monoisotopic (exact) mass is 680 g/mol. The number of cyclic esters (lactones) is 1. The first kappa shape index (κ1) is 36.8. The summed E-state index contributed by atoms with van der Waals surface area (Å²) in [7, 11) is -0.880. The summed E-state index contributed by atoms with van der Waals surface area (Å²) < 4.78 is 29.6. The largest absolute Gasteiger partial charge is 0.543 e. The molecule has 1 aromatic heterocycles. The van der Waals surface area contributed by atoms with Gasteiger partial charge in [0.1, 0.15) is 23.6 Å². The van der Waals surface area contributed by atoms with Crippen LogP contribution < -0.4 is 20.2 Å². The number of hydrogen-bond acceptors (Lipinski definition) is 12. The van der Waals surface area contributed by atoms with E-state index in [4.69, 9.17) is 41.1 Å². The fraction of sp³-hybridized carbons (Fsp3) is 0.645. The maximum Gasteiger partial charge on any atom is 0.342 e. The topological polar surface area (TPSA) is 148 Å². The second-order valence-electron chi connectivity index (χ2n) is 12.8. The third kappa shape index (κ3) is 8.98. The van der Waals surface area contributed by atoms with Crippen LogP contribution >= 0.6 is 24.0 Å². The van der Waals surface area contributed by atoms with Crippen LogP contribution in [0, 0.1) is 19.8 Å². The zero-order valence-corrected chi connectivity index (χ0v) is 30.7. The summed E-state index contributed by atoms with van der Waals surface area (Å²) in [6, 6.07) is 0.610. The minimum atomic E-state index is -2.44. The molecule has 250 valence electrons. The van der Waals surface area contributed by atoms with Gasteiger partial charge in [-0.15, -0.1) is 0 Å². The average Bonchev–Trinajstić information content (AvgIpc) is 3.38. The van der Waals surface area contributed by atoms with Crippen molar-refractivity contribution >= 4 is 49.2 Å². The lowest BCUT2D eigenvalue weighted by Crippen LogP contribution is -2.48. The molecule has 0 spiro atoms. The summed E-state index contributed by atoms with van der Waals surface area (Å²) in [5, 5.41) is 7.22. The van der Waals surface area contributed by atoms with Gasteiger partial charge in [-0.2, -0.15) is 16.7 Å². The molecule has 2 heterocycles. The van der Waals surface area contributed by atoms with E-state index in [9.17, 15) is 9.59 Å². The Morgan fingerprint density at radius 2 is 1.93 bits per heavy atom. The van der Waals surface area contributed by atoms with E-state index in [1.807, 2.05) is 13.0 Å². The number of thioether (sulfide) groups is 1. The van der Waals surface area contributed by atoms with Gasteiger partial charge in [-0.05, 0) is 57.7 Å². The van der Waals surface area contributed by atoms with Crippen molar-refractivity contribution in [2.75, 3.05) is 12.9 Å². The number of ether oxygens (including phenoxy) is 3. The van der Waals surface area contributed by atoms with E-state index in [2.05, 4.69) is 56.2 Å². The zero-order valence-electron chi connectivity index (χ0n) is 28.1. The predicted octanol–water partition coefficient (Wildman–Crippen LogP) is 6.16. The molecule has 1 aromatic carbocycles. The molecular formula is C31H48N4O7S2Si. The molecule has 0 bridgehead atoms. The SMILES string of the molecule is COc1cc(O[Si](C)(C)C(C)(C)C(C)C)c2c(c1C)C(=O)O[C@@H](OC(=O)[C@H](C)N)CCCC(=S)N[C@H](c1nc(C)no1)CSC2. The number of fused-ring (bicyclic) bond motifs is 1. The van der Waals surface area contributed by atoms with Gasteiger partial charge in [0.2, 0.25) is 12.2 Å². The van der Waals surface area contributed by atoms with Crippen LogP contribution in [0.3, 0.4) is 0 Å². The Morgan fingerprint density at radius 1 is 1.24 bits per heavy atom. The molecule has 1 aliphatic rings. The fourth-order valence-electron chi connectivity index (χ4n) is 4.77. The molecule has 0 fully saturated rings. The van der Waals surface area contributed by atoms with E-state index < -0.39 is 32.6 Å². The van der Waals surface area contributed by atoms with E-state index in [0.29, 0.717) is 75.2 Å². The Bertz CT molecular complexity index is 1380. The van der Waals surface area contributed by atoms with Gasteiger partial charge in [-0.1, -0.05) is 45.1 Å². The summed E-state index contributed by atoms with van der Waals surface area (Å²) in [4.78, 5) is 31.6. The van der Waals surface area contributed by atoms with E-state index in [1.165, 1.54) is 6.92 Å². The number of aryl methyl sites for hydroxylation is 1. The third-order valence-electron chi connectivity index (χ3n) is 8.80. The highest BCUT2D eigenvalue weighted by atomic mass is 32.2. The van der Waals surface area contributed by atoms with Crippen molar-refractivity contribution in [1.29, 1.82) is 0 Å². The number of nitrogens with one attached hydrogen (secondary N) is 1. The number of nitrogens with zero attached hydrogens (tertiary/aromatic N) is 2. The lowest BCUT2D eigenvalue weighted by molar-refractivity contribution is -0.170. The number of nitrogens with two attached hydrogens (primary N) is 1. The Kier molecular flexibility index (Phi) is 12.5. The Hall–Kier alpha value is -2.68. The van der Waals surface area contributed by atoms with Gasteiger partial charge in [0.15, 0.2) is 5.82 Å². The molecule has 0 radical (unpaired) electrons. The second kappa shape index (κ2) is 15.3. The molecule has 3 N–H and O–H groups in total. The smallest absolute Gasteiger partial charge is 0.342 e. The first-order chi connectivity index (χ1) is 21.0. The summed E-state index contributed by atoms with van der Waals surface area (Å²) in [6.07, 6.45) is -0.0197. The number of methoxy groups -OCH3 is 1. The zero-order chi connectivity index (χ0) is 33.7. The second-order valence-corrected chi connectivity index (χ2v) is 18.8. The molecule has 11 nitrogen and oxygen atoms in total. The Labute approximate surface area is 277 Å². The lowest BCUT2D eigenvalue weighted by atomic mass is 9.99. The predicted molar refractivity (Wildman–Crippen MR) is 181 cm³/mol. The van der Waals surface area contributed by atoms with Crippen LogP contribution in [-0.2, 0) is 20.0 Å². The summed E-state index contributed by atoms with van der Waals surface area (Å²) in [6.45, 7) is 18.3. The number of hydrogen-bond donors (Lipinski definition) is 2. The van der Waals surface area contributed by atoms with E-state index in [-0.39, 0.29) is 17.5 Å². The minimum Gasteiger partial charge on any atom is -0.543 e.